The van der Waals surface area contributed by atoms with Gasteiger partial charge in [0.15, 0.2) is 11.6 Å². The molecular weight excluding hydrogens is 444 g/mol. The van der Waals surface area contributed by atoms with Crippen molar-refractivity contribution < 1.29 is 28.7 Å². The van der Waals surface area contributed by atoms with Crippen molar-refractivity contribution in [1.29, 1.82) is 0 Å². The molecule has 4 rings (SSSR count). The summed E-state index contributed by atoms with van der Waals surface area (Å²) in [6.45, 7) is 11.5. The fraction of sp³-hybridized carbons (Fsp3) is 0.724. The Labute approximate surface area is 208 Å². The van der Waals surface area contributed by atoms with Crippen molar-refractivity contribution in [1.82, 2.24) is 0 Å². The summed E-state index contributed by atoms with van der Waals surface area (Å²) in [7, 11) is 0. The summed E-state index contributed by atoms with van der Waals surface area (Å²) in [5, 5.41) is 0. The molecule has 0 saturated heterocycles. The van der Waals surface area contributed by atoms with Crippen molar-refractivity contribution in [2.45, 2.75) is 80.1 Å². The molecule has 0 amide bonds. The molecule has 2 fully saturated rings. The zero-order valence-corrected chi connectivity index (χ0v) is 22.1. The van der Waals surface area contributed by atoms with Gasteiger partial charge < -0.3 is 9.47 Å². The molecule has 6 nitrogen and oxygen atoms in total. The molecular formula is C29H40O6. The lowest BCUT2D eigenvalue weighted by atomic mass is 9.49. The zero-order chi connectivity index (χ0) is 25.8. The summed E-state index contributed by atoms with van der Waals surface area (Å²) in [6.07, 6.45) is 8.89. The van der Waals surface area contributed by atoms with Crippen molar-refractivity contribution in [3.63, 3.8) is 0 Å². The van der Waals surface area contributed by atoms with Gasteiger partial charge in [-0.15, -0.1) is 0 Å². The van der Waals surface area contributed by atoms with Crippen molar-refractivity contribution in [3.8, 4) is 0 Å². The molecule has 0 bridgehead atoms. The number of Topliss-reactive ketones (excluding diaryl/α,β-unsaturated/α-hetero) is 1. The third-order valence-electron chi connectivity index (χ3n) is 9.33. The molecule has 0 aromatic rings. The SMILES string of the molecule is CC(=O)OCC(=O)[C@H]1CC[C@H]2[C@@H]3C[C@H](COC(=O)C(C)(C)C)C4=CC(=O)CC[C@]4(C)C3=CC[C@]12C. The molecule has 0 heterocycles. The second-order valence-corrected chi connectivity index (χ2v) is 12.6. The monoisotopic (exact) mass is 484 g/mol. The predicted molar refractivity (Wildman–Crippen MR) is 131 cm³/mol. The Bertz CT molecular complexity index is 997. The van der Waals surface area contributed by atoms with Crippen molar-refractivity contribution in [3.05, 3.63) is 23.3 Å². The van der Waals surface area contributed by atoms with Crippen LogP contribution in [-0.4, -0.2) is 36.7 Å². The van der Waals surface area contributed by atoms with E-state index in [2.05, 4.69) is 19.9 Å². The number of hydrogen-bond acceptors (Lipinski definition) is 6. The van der Waals surface area contributed by atoms with Gasteiger partial charge in [-0.25, -0.2) is 0 Å². The first-order valence-electron chi connectivity index (χ1n) is 13.1. The van der Waals surface area contributed by atoms with Crippen LogP contribution in [0.4, 0.5) is 0 Å². The lowest BCUT2D eigenvalue weighted by Gasteiger charge is -2.55. The van der Waals surface area contributed by atoms with E-state index in [1.54, 1.807) is 0 Å². The molecule has 0 spiro atoms. The minimum atomic E-state index is -0.579. The number of hydrogen-bond donors (Lipinski definition) is 0. The van der Waals surface area contributed by atoms with E-state index in [4.69, 9.17) is 9.47 Å². The molecule has 0 aliphatic heterocycles. The third-order valence-corrected chi connectivity index (χ3v) is 9.33. The molecule has 0 aromatic heterocycles. The van der Waals surface area contributed by atoms with Crippen LogP contribution >= 0.6 is 0 Å². The predicted octanol–water partition coefficient (Wildman–Crippen LogP) is 5.00. The molecule has 4 aliphatic carbocycles. The van der Waals surface area contributed by atoms with E-state index in [9.17, 15) is 19.2 Å². The van der Waals surface area contributed by atoms with E-state index in [0.717, 1.165) is 37.7 Å². The minimum absolute atomic E-state index is 0.00384. The van der Waals surface area contributed by atoms with Crippen molar-refractivity contribution in [2.24, 2.45) is 39.9 Å². The van der Waals surface area contributed by atoms with Crippen LogP contribution in [0.25, 0.3) is 0 Å². The number of carbonyl (C=O) groups excluding carboxylic acids is 4. The van der Waals surface area contributed by atoms with Crippen LogP contribution in [0.3, 0.4) is 0 Å². The maximum Gasteiger partial charge on any atom is 0.311 e. The first kappa shape index (κ1) is 25.8. The maximum atomic E-state index is 13.0. The van der Waals surface area contributed by atoms with Crippen molar-refractivity contribution >= 4 is 23.5 Å². The van der Waals surface area contributed by atoms with Gasteiger partial charge in [0, 0.05) is 30.6 Å². The largest absolute Gasteiger partial charge is 0.465 e. The Balaban J connectivity index is 1.64. The molecule has 192 valence electrons. The van der Waals surface area contributed by atoms with Crippen LogP contribution in [0.5, 0.6) is 0 Å². The number of fused-ring (bicyclic) bond motifs is 5. The minimum Gasteiger partial charge on any atom is -0.465 e. The van der Waals surface area contributed by atoms with Gasteiger partial charge in [0.2, 0.25) is 0 Å². The van der Waals surface area contributed by atoms with E-state index in [1.165, 1.54) is 12.5 Å². The highest BCUT2D eigenvalue weighted by Crippen LogP contribution is 2.65. The quantitative estimate of drug-likeness (QED) is 0.403. The molecule has 35 heavy (non-hydrogen) atoms. The molecule has 0 unspecified atom stereocenters. The van der Waals surface area contributed by atoms with Gasteiger partial charge in [0.25, 0.3) is 0 Å². The van der Waals surface area contributed by atoms with Gasteiger partial charge in [0.05, 0.1) is 12.0 Å². The summed E-state index contributed by atoms with van der Waals surface area (Å²) in [6, 6.07) is 0. The molecule has 2 saturated carbocycles. The van der Waals surface area contributed by atoms with Gasteiger partial charge >= 0.3 is 11.9 Å². The lowest BCUT2D eigenvalue weighted by molar-refractivity contribution is -0.154. The number of carbonyl (C=O) groups is 4. The highest BCUT2D eigenvalue weighted by atomic mass is 16.5. The Kier molecular flexibility index (Phi) is 6.65. The summed E-state index contributed by atoms with van der Waals surface area (Å²) < 4.78 is 10.8. The molecule has 0 radical (unpaired) electrons. The number of esters is 2. The second-order valence-electron chi connectivity index (χ2n) is 12.6. The Morgan fingerprint density at radius 3 is 2.46 bits per heavy atom. The standard InChI is InChI=1S/C29H40O6/c1-17(30)34-16-25(32)23-8-7-21-20-13-18(15-35-26(33)27(2,3)4)24-14-19(31)9-11-29(24,6)22(20)10-12-28(21,23)5/h10,14,18,20-21,23H,7-9,11-13,15-16H2,1-6H3/t18-,20+,21+,23-,28+,29-/m1/s1. The summed E-state index contributed by atoms with van der Waals surface area (Å²) >= 11 is 0. The van der Waals surface area contributed by atoms with Gasteiger partial charge in [-0.1, -0.05) is 31.1 Å². The van der Waals surface area contributed by atoms with E-state index in [0.29, 0.717) is 12.3 Å². The van der Waals surface area contributed by atoms with Crippen LogP contribution in [0.1, 0.15) is 80.1 Å². The third kappa shape index (κ3) is 4.53. The first-order chi connectivity index (χ1) is 16.3. The highest BCUT2D eigenvalue weighted by Gasteiger charge is 2.58. The Morgan fingerprint density at radius 1 is 1.09 bits per heavy atom. The van der Waals surface area contributed by atoms with Crippen LogP contribution < -0.4 is 0 Å². The fourth-order valence-corrected chi connectivity index (χ4v) is 7.43. The van der Waals surface area contributed by atoms with Crippen LogP contribution in [0.2, 0.25) is 0 Å². The molecule has 4 aliphatic rings. The second kappa shape index (κ2) is 9.01. The topological polar surface area (TPSA) is 86.7 Å². The van der Waals surface area contributed by atoms with E-state index in [1.807, 2.05) is 26.8 Å². The smallest absolute Gasteiger partial charge is 0.311 e. The summed E-state index contributed by atoms with van der Waals surface area (Å²) in [5.41, 5.74) is 1.55. The number of ketones is 2. The van der Waals surface area contributed by atoms with E-state index in [-0.39, 0.29) is 59.3 Å². The maximum absolute atomic E-state index is 13.0. The van der Waals surface area contributed by atoms with Gasteiger partial charge in [-0.05, 0) is 76.2 Å². The van der Waals surface area contributed by atoms with Gasteiger partial charge in [-0.3, -0.25) is 19.2 Å². The Hall–Kier alpha value is -2.24. The van der Waals surface area contributed by atoms with Gasteiger partial charge in [0.1, 0.15) is 6.61 Å². The van der Waals surface area contributed by atoms with E-state index < -0.39 is 11.4 Å². The molecule has 6 atom stereocenters. The average molecular weight is 485 g/mol. The van der Waals surface area contributed by atoms with Gasteiger partial charge in [-0.2, -0.15) is 0 Å². The van der Waals surface area contributed by atoms with Crippen molar-refractivity contribution in [2.75, 3.05) is 13.2 Å². The van der Waals surface area contributed by atoms with E-state index >= 15 is 0 Å². The normalized spacial score (nSPS) is 36.2. The van der Waals surface area contributed by atoms with Crippen LogP contribution in [0, 0.1) is 39.9 Å². The summed E-state index contributed by atoms with van der Waals surface area (Å²) in [4.78, 5) is 49.3. The van der Waals surface area contributed by atoms with Crippen LogP contribution in [0.15, 0.2) is 23.3 Å². The molecule has 6 heteroatoms. The first-order valence-corrected chi connectivity index (χ1v) is 13.1. The molecule has 0 aromatic carbocycles. The number of allylic oxidation sites excluding steroid dienone is 3. The summed E-state index contributed by atoms with van der Waals surface area (Å²) in [5.74, 6) is 0.0106. The highest BCUT2D eigenvalue weighted by molar-refractivity contribution is 5.92. The van der Waals surface area contributed by atoms with Crippen LogP contribution in [-0.2, 0) is 28.7 Å². The number of ether oxygens (including phenoxy) is 2. The average Bonchev–Trinajstić information content (AvgIpc) is 3.13. The lowest BCUT2D eigenvalue weighted by Crippen LogP contribution is -2.48. The molecule has 0 N–H and O–H groups in total. The fourth-order valence-electron chi connectivity index (χ4n) is 7.43. The Morgan fingerprint density at radius 2 is 1.80 bits per heavy atom. The number of rotatable bonds is 5. The zero-order valence-electron chi connectivity index (χ0n) is 22.1.